The minimum absolute atomic E-state index is 0.0514. The molecule has 0 fully saturated rings. The van der Waals surface area contributed by atoms with Gasteiger partial charge in [-0.25, -0.2) is 0 Å². The van der Waals surface area contributed by atoms with Crippen molar-refractivity contribution in [2.24, 2.45) is 0 Å². The maximum atomic E-state index is 4.11. The van der Waals surface area contributed by atoms with Crippen LogP contribution < -0.4 is 16.2 Å². The summed E-state index contributed by atoms with van der Waals surface area (Å²) in [6.45, 7) is 28.8. The Labute approximate surface area is 438 Å². The molecule has 2 nitrogen and oxygen atoms in total. The summed E-state index contributed by atoms with van der Waals surface area (Å²) < 4.78 is 5.35. The Bertz CT molecular complexity index is 3940. The van der Waals surface area contributed by atoms with E-state index in [1.807, 2.05) is 11.3 Å². The maximum Gasteiger partial charge on any atom is 0.197 e. The Morgan fingerprint density at radius 2 is 1.10 bits per heavy atom. The lowest BCUT2D eigenvalue weighted by molar-refractivity contribution is 0.332. The number of rotatable bonds is 5. The lowest BCUT2D eigenvalue weighted by Crippen LogP contribution is -2.37. The summed E-state index contributed by atoms with van der Waals surface area (Å²) in [6, 6.07) is 54.4. The van der Waals surface area contributed by atoms with Gasteiger partial charge in [-0.15, -0.1) is 11.3 Å². The zero-order valence-corrected chi connectivity index (χ0v) is 45.9. The van der Waals surface area contributed by atoms with Gasteiger partial charge in [0.25, 0.3) is 0 Å². The van der Waals surface area contributed by atoms with Crippen molar-refractivity contribution in [3.05, 3.63) is 173 Å². The second-order valence-corrected chi connectivity index (χ2v) is 26.9. The number of hydrogen-bond acceptors (Lipinski definition) is 2. The molecule has 1 N–H and O–H groups in total. The standard InChI is InChI=1S/C69H68BN2S/c1-40-22-27-58-56(32-40)70-63-50(46-37-60-48(36-57(46)71-43-25-23-42(24-26-43)65(2,3)4)47-34-52-55(39-61(47)73-60)69(11,12)31-29-66(52,5)6)33-49(45-21-17-16-20-44(45)41-18-14-13-15-19-41)62-51-35-53-54(38-59(51)72(58)64(62)63)68(9,10)30-28-67(53,7)8/h13-27,32-39,71H,28-31H2,1-12H3. The molecule has 363 valence electrons. The fourth-order valence-corrected chi connectivity index (χ4v) is 14.4. The molecule has 0 atom stereocenters. The van der Waals surface area contributed by atoms with Crippen LogP contribution in [0.5, 0.6) is 0 Å². The average Bonchev–Trinajstić information content (AvgIpc) is 3.89. The molecule has 3 aliphatic rings. The fourth-order valence-electron chi connectivity index (χ4n) is 13.3. The lowest BCUT2D eigenvalue weighted by atomic mass is 9.58. The summed E-state index contributed by atoms with van der Waals surface area (Å²) in [5.41, 5.74) is 25.0. The highest BCUT2D eigenvalue weighted by Crippen LogP contribution is 2.53. The van der Waals surface area contributed by atoms with Crippen LogP contribution in [0.1, 0.15) is 135 Å². The molecule has 0 amide bonds. The molecule has 1 radical (unpaired) electrons. The van der Waals surface area contributed by atoms with Crippen LogP contribution in [0.25, 0.3) is 81.0 Å². The van der Waals surface area contributed by atoms with Crippen LogP contribution in [0.4, 0.5) is 11.4 Å². The highest BCUT2D eigenvalue weighted by molar-refractivity contribution is 7.25. The van der Waals surface area contributed by atoms with Gasteiger partial charge >= 0.3 is 0 Å². The van der Waals surface area contributed by atoms with E-state index in [1.165, 1.54) is 151 Å². The topological polar surface area (TPSA) is 17.0 Å². The molecule has 0 bridgehead atoms. The van der Waals surface area contributed by atoms with Gasteiger partial charge in [0.05, 0.1) is 5.52 Å². The van der Waals surface area contributed by atoms with E-state index < -0.39 is 0 Å². The number of aryl methyl sites for hydroxylation is 1. The van der Waals surface area contributed by atoms with Crippen LogP contribution >= 0.6 is 11.3 Å². The first-order valence-corrected chi connectivity index (χ1v) is 27.7. The minimum atomic E-state index is 0.0514. The van der Waals surface area contributed by atoms with E-state index in [1.54, 1.807) is 0 Å². The molecule has 1 aliphatic heterocycles. The van der Waals surface area contributed by atoms with Crippen molar-refractivity contribution < 1.29 is 0 Å². The van der Waals surface area contributed by atoms with Crippen molar-refractivity contribution in [3.63, 3.8) is 0 Å². The fraction of sp³-hybridized carbons (Fsp3) is 0.304. The van der Waals surface area contributed by atoms with Crippen LogP contribution in [0.3, 0.4) is 0 Å². The Morgan fingerprint density at radius 1 is 0.521 bits per heavy atom. The van der Waals surface area contributed by atoms with Crippen molar-refractivity contribution in [1.82, 2.24) is 4.57 Å². The Kier molecular flexibility index (Phi) is 10.1. The molecule has 13 rings (SSSR count). The van der Waals surface area contributed by atoms with Crippen LogP contribution in [-0.2, 0) is 27.1 Å². The summed E-state index contributed by atoms with van der Waals surface area (Å²) >= 11 is 1.96. The quantitative estimate of drug-likeness (QED) is 0.170. The number of nitrogens with zero attached hydrogens (tertiary/aromatic N) is 1. The van der Waals surface area contributed by atoms with Crippen LogP contribution in [0.2, 0.25) is 0 Å². The van der Waals surface area contributed by atoms with Gasteiger partial charge < -0.3 is 9.88 Å². The van der Waals surface area contributed by atoms with Crippen molar-refractivity contribution in [2.75, 3.05) is 5.32 Å². The summed E-state index contributed by atoms with van der Waals surface area (Å²) in [5, 5.41) is 9.45. The van der Waals surface area contributed by atoms with E-state index in [9.17, 15) is 0 Å². The average molecular weight is 968 g/mol. The molecule has 0 spiro atoms. The van der Waals surface area contributed by atoms with E-state index in [0.29, 0.717) is 0 Å². The molecule has 0 unspecified atom stereocenters. The maximum absolute atomic E-state index is 4.11. The summed E-state index contributed by atoms with van der Waals surface area (Å²) in [4.78, 5) is 0. The molecule has 10 aromatic rings. The first-order valence-electron chi connectivity index (χ1n) is 26.9. The Hall–Kier alpha value is -6.36. The van der Waals surface area contributed by atoms with E-state index in [-0.39, 0.29) is 27.1 Å². The second-order valence-electron chi connectivity index (χ2n) is 25.9. The van der Waals surface area contributed by atoms with Gasteiger partial charge in [0, 0.05) is 59.1 Å². The van der Waals surface area contributed by atoms with Gasteiger partial charge in [-0.1, -0.05) is 166 Å². The molecule has 0 saturated heterocycles. The van der Waals surface area contributed by atoms with Crippen molar-refractivity contribution in [1.29, 1.82) is 0 Å². The molecule has 2 aromatic heterocycles. The van der Waals surface area contributed by atoms with Crippen LogP contribution in [0, 0.1) is 6.92 Å². The molecule has 0 saturated carbocycles. The lowest BCUT2D eigenvalue weighted by Gasteiger charge is -2.42. The van der Waals surface area contributed by atoms with E-state index in [4.69, 9.17) is 0 Å². The number of hydrogen-bond donors (Lipinski definition) is 1. The van der Waals surface area contributed by atoms with Gasteiger partial charge in [0.2, 0.25) is 0 Å². The molecule has 2 aliphatic carbocycles. The molecule has 8 aromatic carbocycles. The first-order chi connectivity index (χ1) is 34.7. The third kappa shape index (κ3) is 7.24. The van der Waals surface area contributed by atoms with Crippen LogP contribution in [0.15, 0.2) is 140 Å². The van der Waals surface area contributed by atoms with Gasteiger partial charge in [0.15, 0.2) is 7.28 Å². The minimum Gasteiger partial charge on any atom is -0.355 e. The normalized spacial score (nSPS) is 17.1. The zero-order chi connectivity index (χ0) is 50.7. The number of thiophene rings is 1. The van der Waals surface area contributed by atoms with Crippen molar-refractivity contribution in [3.8, 4) is 39.1 Å². The molecular formula is C69H68BN2S. The zero-order valence-electron chi connectivity index (χ0n) is 45.0. The van der Waals surface area contributed by atoms with E-state index in [2.05, 4.69) is 240 Å². The SMILES string of the molecule is Cc1ccc2c(c1)[B]c1c(-c3cc4sc5cc6c(cc5c4cc3Nc3ccc(C(C)(C)C)cc3)C(C)(C)CCC6(C)C)cc(-c3ccccc3-c3ccccc3)c3c4cc5c(cc4n-2c13)C(C)(C)CCC5(C)C. The number of aromatic nitrogens is 1. The monoisotopic (exact) mass is 968 g/mol. The number of anilines is 2. The highest BCUT2D eigenvalue weighted by atomic mass is 32.1. The largest absolute Gasteiger partial charge is 0.355 e. The summed E-state index contributed by atoms with van der Waals surface area (Å²) in [6.07, 6.45) is 4.72. The molecule has 73 heavy (non-hydrogen) atoms. The van der Waals surface area contributed by atoms with Crippen LogP contribution in [-0.4, -0.2) is 11.8 Å². The Morgan fingerprint density at radius 3 is 1.75 bits per heavy atom. The van der Waals surface area contributed by atoms with Gasteiger partial charge in [-0.3, -0.25) is 0 Å². The van der Waals surface area contributed by atoms with E-state index >= 15 is 0 Å². The third-order valence-corrected chi connectivity index (χ3v) is 19.1. The first kappa shape index (κ1) is 46.4. The third-order valence-electron chi connectivity index (χ3n) is 18.0. The number of benzene rings is 8. The second kappa shape index (κ2) is 15.8. The van der Waals surface area contributed by atoms with Crippen molar-refractivity contribution >= 4 is 82.9 Å². The van der Waals surface area contributed by atoms with Gasteiger partial charge in [-0.2, -0.15) is 0 Å². The van der Waals surface area contributed by atoms with Gasteiger partial charge in [-0.05, 0) is 181 Å². The molecule has 4 heteroatoms. The summed E-state index contributed by atoms with van der Waals surface area (Å²) in [5.74, 6) is 0. The highest BCUT2D eigenvalue weighted by Gasteiger charge is 2.40. The van der Waals surface area contributed by atoms with Crippen molar-refractivity contribution in [2.45, 2.75) is 136 Å². The molecular weight excluding hydrogens is 900 g/mol. The van der Waals surface area contributed by atoms with Gasteiger partial charge in [0.1, 0.15) is 0 Å². The van der Waals surface area contributed by atoms with E-state index in [0.717, 1.165) is 11.4 Å². The summed E-state index contributed by atoms with van der Waals surface area (Å²) in [7, 11) is 2.52. The Balaban J connectivity index is 1.18. The predicted molar refractivity (Wildman–Crippen MR) is 319 cm³/mol. The number of nitrogens with one attached hydrogen (secondary N) is 1. The smallest absolute Gasteiger partial charge is 0.197 e. The predicted octanol–water partition coefficient (Wildman–Crippen LogP) is 18.2. The molecule has 3 heterocycles. The number of fused-ring (bicyclic) bond motifs is 10.